The number of hydrogen-bond donors (Lipinski definition) is 3. The number of nitrogens with zero attached hydrogens (tertiary/aromatic N) is 1. The van der Waals surface area contributed by atoms with Gasteiger partial charge >= 0.3 is 6.03 Å². The highest BCUT2D eigenvalue weighted by molar-refractivity contribution is 5.96. The van der Waals surface area contributed by atoms with Gasteiger partial charge in [0.1, 0.15) is 0 Å². The summed E-state index contributed by atoms with van der Waals surface area (Å²) in [6.07, 6.45) is 0.0117. The van der Waals surface area contributed by atoms with E-state index in [1.165, 1.54) is 18.1 Å². The van der Waals surface area contributed by atoms with Crippen LogP contribution in [0.5, 0.6) is 11.5 Å². The van der Waals surface area contributed by atoms with Gasteiger partial charge in [-0.2, -0.15) is 0 Å². The molecule has 2 rings (SSSR count). The normalized spacial score (nSPS) is 10.0. The zero-order chi connectivity index (χ0) is 22.6. The van der Waals surface area contributed by atoms with Crippen LogP contribution < -0.4 is 25.6 Å². The molecular weight excluding hydrogens is 400 g/mol. The summed E-state index contributed by atoms with van der Waals surface area (Å²) in [4.78, 5) is 37.8. The van der Waals surface area contributed by atoms with E-state index >= 15 is 0 Å². The lowest BCUT2D eigenvalue weighted by Gasteiger charge is -2.18. The molecule has 166 valence electrons. The lowest BCUT2D eigenvalue weighted by Crippen LogP contribution is -2.43. The molecule has 3 N–H and O–H groups in total. The Kier molecular flexibility index (Phi) is 9.15. The number of hydrazine groups is 1. The Balaban J connectivity index is 1.72. The van der Waals surface area contributed by atoms with E-state index in [2.05, 4.69) is 16.2 Å². The lowest BCUT2D eigenvalue weighted by molar-refractivity contribution is -0.121. The molecule has 0 aromatic heterocycles. The van der Waals surface area contributed by atoms with Crippen molar-refractivity contribution >= 4 is 17.8 Å². The third-order valence-electron chi connectivity index (χ3n) is 4.28. The fraction of sp³-hybridized carbons (Fsp3) is 0.318. The average Bonchev–Trinajstić information content (AvgIpc) is 2.78. The van der Waals surface area contributed by atoms with E-state index in [0.717, 1.165) is 5.56 Å². The largest absolute Gasteiger partial charge is 0.493 e. The van der Waals surface area contributed by atoms with Crippen LogP contribution >= 0.6 is 0 Å². The molecule has 31 heavy (non-hydrogen) atoms. The second kappa shape index (κ2) is 12.1. The Hall–Kier alpha value is -3.75. The molecule has 0 heterocycles. The molecule has 9 nitrogen and oxygen atoms in total. The van der Waals surface area contributed by atoms with Crippen molar-refractivity contribution in [3.05, 3.63) is 59.7 Å². The molecule has 2 aromatic rings. The van der Waals surface area contributed by atoms with Gasteiger partial charge in [0.2, 0.25) is 5.91 Å². The molecule has 4 amide bonds. The van der Waals surface area contributed by atoms with E-state index in [4.69, 9.17) is 9.47 Å². The van der Waals surface area contributed by atoms with E-state index < -0.39 is 11.8 Å². The van der Waals surface area contributed by atoms with Crippen molar-refractivity contribution in [3.8, 4) is 11.5 Å². The quantitative estimate of drug-likeness (QED) is 0.530. The van der Waals surface area contributed by atoms with E-state index in [-0.39, 0.29) is 19.0 Å². The first kappa shape index (κ1) is 23.5. The van der Waals surface area contributed by atoms with Gasteiger partial charge in [0.05, 0.1) is 13.7 Å². The molecule has 0 aliphatic rings. The van der Waals surface area contributed by atoms with Gasteiger partial charge in [0, 0.05) is 32.1 Å². The number of urea groups is 1. The molecule has 0 saturated heterocycles. The van der Waals surface area contributed by atoms with Crippen LogP contribution in [0, 0.1) is 0 Å². The fourth-order valence-electron chi connectivity index (χ4n) is 2.69. The van der Waals surface area contributed by atoms with E-state index in [0.29, 0.717) is 30.2 Å². The summed E-state index contributed by atoms with van der Waals surface area (Å²) in [6.45, 7) is 2.91. The molecule has 0 fully saturated rings. The fourth-order valence-corrected chi connectivity index (χ4v) is 2.69. The van der Waals surface area contributed by atoms with Gasteiger partial charge in [0.25, 0.3) is 5.91 Å². The van der Waals surface area contributed by atoms with Crippen LogP contribution in [0.4, 0.5) is 4.79 Å². The Morgan fingerprint density at radius 1 is 1.00 bits per heavy atom. The smallest absolute Gasteiger partial charge is 0.317 e. The maximum Gasteiger partial charge on any atom is 0.317 e. The molecule has 0 aliphatic carbocycles. The van der Waals surface area contributed by atoms with Crippen LogP contribution in [0.2, 0.25) is 0 Å². The highest BCUT2D eigenvalue weighted by Gasteiger charge is 2.13. The summed E-state index contributed by atoms with van der Waals surface area (Å²) >= 11 is 0. The number of methoxy groups -OCH3 is 1. The van der Waals surface area contributed by atoms with Crippen molar-refractivity contribution < 1.29 is 23.9 Å². The predicted molar refractivity (Wildman–Crippen MR) is 116 cm³/mol. The van der Waals surface area contributed by atoms with E-state index in [9.17, 15) is 14.4 Å². The van der Waals surface area contributed by atoms with Gasteiger partial charge in [-0.05, 0) is 30.7 Å². The maximum absolute atomic E-state index is 12.2. The minimum absolute atomic E-state index is 0.0117. The van der Waals surface area contributed by atoms with Gasteiger partial charge in [-0.1, -0.05) is 30.3 Å². The van der Waals surface area contributed by atoms with Crippen molar-refractivity contribution in [2.24, 2.45) is 0 Å². The lowest BCUT2D eigenvalue weighted by atomic mass is 10.2. The Morgan fingerprint density at radius 2 is 1.74 bits per heavy atom. The summed E-state index contributed by atoms with van der Waals surface area (Å²) in [7, 11) is 3.15. The molecule has 0 aliphatic heterocycles. The third kappa shape index (κ3) is 7.54. The zero-order valence-corrected chi connectivity index (χ0v) is 17.9. The molecule has 0 radical (unpaired) electrons. The highest BCUT2D eigenvalue weighted by Crippen LogP contribution is 2.27. The number of carbonyl (C=O) groups excluding carboxylic acids is 3. The van der Waals surface area contributed by atoms with Crippen LogP contribution in [0.25, 0.3) is 0 Å². The number of benzene rings is 2. The average molecular weight is 428 g/mol. The molecule has 0 saturated carbocycles. The number of amides is 4. The Labute approximate surface area is 181 Å². The second-order valence-corrected chi connectivity index (χ2v) is 6.62. The minimum atomic E-state index is -0.499. The zero-order valence-electron chi connectivity index (χ0n) is 17.9. The second-order valence-electron chi connectivity index (χ2n) is 6.62. The molecule has 2 aromatic carbocycles. The highest BCUT2D eigenvalue weighted by atomic mass is 16.5. The molecule has 0 spiro atoms. The van der Waals surface area contributed by atoms with Crippen molar-refractivity contribution in [1.82, 2.24) is 21.1 Å². The van der Waals surface area contributed by atoms with Crippen molar-refractivity contribution in [2.45, 2.75) is 19.9 Å². The SMILES string of the molecule is CCOc1ccc(C(=O)NNC(=O)CCNC(=O)N(C)Cc2ccccc2)cc1OC. The molecule has 9 heteroatoms. The summed E-state index contributed by atoms with van der Waals surface area (Å²) in [5, 5.41) is 2.67. The van der Waals surface area contributed by atoms with Gasteiger partial charge in [-0.25, -0.2) is 4.79 Å². The predicted octanol–water partition coefficient (Wildman–Crippen LogP) is 2.09. The Morgan fingerprint density at radius 3 is 2.42 bits per heavy atom. The van der Waals surface area contributed by atoms with Gasteiger partial charge in [-0.3, -0.25) is 20.4 Å². The molecule has 0 unspecified atom stereocenters. The van der Waals surface area contributed by atoms with Gasteiger partial charge in [-0.15, -0.1) is 0 Å². The Bertz CT molecular complexity index is 889. The summed E-state index contributed by atoms with van der Waals surface area (Å²) in [6, 6.07) is 14.0. The minimum Gasteiger partial charge on any atom is -0.493 e. The van der Waals surface area contributed by atoms with Crippen molar-refractivity contribution in [1.29, 1.82) is 0 Å². The van der Waals surface area contributed by atoms with Crippen molar-refractivity contribution in [3.63, 3.8) is 0 Å². The number of nitrogens with one attached hydrogen (secondary N) is 3. The first-order valence-corrected chi connectivity index (χ1v) is 9.87. The number of rotatable bonds is 9. The van der Waals surface area contributed by atoms with E-state index in [1.807, 2.05) is 37.3 Å². The van der Waals surface area contributed by atoms with Crippen LogP contribution in [0.15, 0.2) is 48.5 Å². The number of ether oxygens (including phenoxy) is 2. The van der Waals surface area contributed by atoms with Crippen molar-refractivity contribution in [2.75, 3.05) is 27.3 Å². The topological polar surface area (TPSA) is 109 Å². The molecular formula is C22H28N4O5. The van der Waals surface area contributed by atoms with Gasteiger partial charge < -0.3 is 19.7 Å². The van der Waals surface area contributed by atoms with Crippen LogP contribution in [0.1, 0.15) is 29.3 Å². The summed E-state index contributed by atoms with van der Waals surface area (Å²) in [5.41, 5.74) is 5.97. The monoisotopic (exact) mass is 428 g/mol. The standard InChI is InChI=1S/C22H28N4O5/c1-4-31-18-11-10-17(14-19(18)30-3)21(28)25-24-20(27)12-13-23-22(29)26(2)15-16-8-6-5-7-9-16/h5-11,14H,4,12-13,15H2,1-3H3,(H,23,29)(H,24,27)(H,25,28). The maximum atomic E-state index is 12.2. The number of hydrogen-bond acceptors (Lipinski definition) is 5. The molecule has 0 bridgehead atoms. The van der Waals surface area contributed by atoms with Gasteiger partial charge in [0.15, 0.2) is 11.5 Å². The first-order chi connectivity index (χ1) is 14.9. The van der Waals surface area contributed by atoms with Crippen LogP contribution in [0.3, 0.4) is 0 Å². The summed E-state index contributed by atoms with van der Waals surface area (Å²) < 4.78 is 10.6. The number of carbonyl (C=O) groups is 3. The van der Waals surface area contributed by atoms with Crippen LogP contribution in [-0.2, 0) is 11.3 Å². The third-order valence-corrected chi connectivity index (χ3v) is 4.28. The summed E-state index contributed by atoms with van der Waals surface area (Å²) in [5.74, 6) is 0.0142. The molecule has 0 atom stereocenters. The van der Waals surface area contributed by atoms with E-state index in [1.54, 1.807) is 19.2 Å². The van der Waals surface area contributed by atoms with Crippen LogP contribution in [-0.4, -0.2) is 50.1 Å². The first-order valence-electron chi connectivity index (χ1n) is 9.87.